The molecule has 0 aliphatic carbocycles. The molecule has 5 heteroatoms. The first-order chi connectivity index (χ1) is 12.5. The summed E-state index contributed by atoms with van der Waals surface area (Å²) in [5.41, 5.74) is 6.26. The highest BCUT2D eigenvalue weighted by atomic mass is 32.2. The normalized spacial score (nSPS) is 15.7. The molecule has 1 aliphatic heterocycles. The zero-order valence-corrected chi connectivity index (χ0v) is 16.0. The van der Waals surface area contributed by atoms with E-state index in [1.165, 1.54) is 17.3 Å². The highest BCUT2D eigenvalue weighted by molar-refractivity contribution is 8.26. The van der Waals surface area contributed by atoms with E-state index in [2.05, 4.69) is 49.5 Å². The number of nitrogens with one attached hydrogen (secondary N) is 1. The summed E-state index contributed by atoms with van der Waals surface area (Å²) in [7, 11) is 0. The minimum Gasteiger partial charge on any atom is -0.307 e. The molecular weight excluding hydrogens is 360 g/mol. The second-order valence-corrected chi connectivity index (χ2v) is 8.05. The van der Waals surface area contributed by atoms with E-state index in [1.807, 2.05) is 24.3 Å². The predicted octanol–water partition coefficient (Wildman–Crippen LogP) is 5.01. The lowest BCUT2D eigenvalue weighted by Gasteiger charge is -2.09. The zero-order chi connectivity index (χ0) is 18.3. The highest BCUT2D eigenvalue weighted by Crippen LogP contribution is 2.29. The van der Waals surface area contributed by atoms with Gasteiger partial charge in [0.15, 0.2) is 0 Å². The summed E-state index contributed by atoms with van der Waals surface area (Å²) in [6, 6.07) is 16.5. The zero-order valence-electron chi connectivity index (χ0n) is 14.4. The van der Waals surface area contributed by atoms with E-state index in [9.17, 15) is 4.79 Å². The lowest BCUT2D eigenvalue weighted by Crippen LogP contribution is -2.17. The van der Waals surface area contributed by atoms with Crippen molar-refractivity contribution in [1.82, 2.24) is 10.3 Å². The van der Waals surface area contributed by atoms with Crippen LogP contribution in [0.4, 0.5) is 0 Å². The van der Waals surface area contributed by atoms with E-state index in [0.717, 1.165) is 33.3 Å². The average Bonchev–Trinajstić information content (AvgIpc) is 2.92. The Morgan fingerprint density at radius 1 is 1.12 bits per heavy atom. The van der Waals surface area contributed by atoms with Gasteiger partial charge in [0.2, 0.25) is 0 Å². The predicted molar refractivity (Wildman–Crippen MR) is 113 cm³/mol. The maximum Gasteiger partial charge on any atom is 0.263 e. The first-order valence-electron chi connectivity index (χ1n) is 8.23. The summed E-state index contributed by atoms with van der Waals surface area (Å²) >= 11 is 6.34. The number of thiocarbonyl (C=S) groups is 1. The van der Waals surface area contributed by atoms with Crippen LogP contribution in [0.2, 0.25) is 0 Å². The lowest BCUT2D eigenvalue weighted by molar-refractivity contribution is -0.115. The quantitative estimate of drug-likeness (QED) is 0.504. The highest BCUT2D eigenvalue weighted by Gasteiger charge is 2.21. The summed E-state index contributed by atoms with van der Waals surface area (Å²) in [6.45, 7) is 4.15. The molecule has 0 spiro atoms. The smallest absolute Gasteiger partial charge is 0.263 e. The van der Waals surface area contributed by atoms with Crippen LogP contribution in [0.3, 0.4) is 0 Å². The Labute approximate surface area is 161 Å². The summed E-state index contributed by atoms with van der Waals surface area (Å²) in [5, 5.41) is 3.78. The van der Waals surface area contributed by atoms with Crippen molar-refractivity contribution in [3.8, 4) is 11.3 Å². The molecule has 3 aromatic rings. The number of hydrogen-bond donors (Lipinski definition) is 1. The second-order valence-electron chi connectivity index (χ2n) is 6.33. The van der Waals surface area contributed by atoms with Crippen molar-refractivity contribution in [2.75, 3.05) is 0 Å². The molecular formula is C21H16N2OS2. The van der Waals surface area contributed by atoms with Gasteiger partial charge in [-0.05, 0) is 54.8 Å². The molecule has 0 unspecified atom stereocenters. The SMILES string of the molecule is Cc1ccc2cc(C)c(-c3cccc(/C=C4\SC(=S)NC4=O)c3)nc2c1. The topological polar surface area (TPSA) is 42.0 Å². The van der Waals surface area contributed by atoms with E-state index >= 15 is 0 Å². The van der Waals surface area contributed by atoms with Gasteiger partial charge in [-0.25, -0.2) is 4.98 Å². The van der Waals surface area contributed by atoms with Crippen LogP contribution in [0.15, 0.2) is 53.4 Å². The maximum atomic E-state index is 11.9. The van der Waals surface area contributed by atoms with Crippen LogP contribution < -0.4 is 5.32 Å². The van der Waals surface area contributed by atoms with Crippen LogP contribution >= 0.6 is 24.0 Å². The van der Waals surface area contributed by atoms with Crippen LogP contribution in [0.1, 0.15) is 16.7 Å². The van der Waals surface area contributed by atoms with Gasteiger partial charge < -0.3 is 5.32 Å². The number of benzene rings is 2. The molecule has 0 radical (unpaired) electrons. The van der Waals surface area contributed by atoms with Gasteiger partial charge in [-0.2, -0.15) is 0 Å². The van der Waals surface area contributed by atoms with Gasteiger partial charge in [0.05, 0.1) is 16.1 Å². The number of pyridine rings is 1. The van der Waals surface area contributed by atoms with E-state index in [0.29, 0.717) is 9.23 Å². The molecule has 1 saturated heterocycles. The fraction of sp³-hybridized carbons (Fsp3) is 0.0952. The first kappa shape index (κ1) is 16.9. The van der Waals surface area contributed by atoms with Gasteiger partial charge in [-0.3, -0.25) is 4.79 Å². The van der Waals surface area contributed by atoms with Crippen molar-refractivity contribution in [2.24, 2.45) is 0 Å². The number of fused-ring (bicyclic) bond motifs is 1. The number of rotatable bonds is 2. The monoisotopic (exact) mass is 376 g/mol. The van der Waals surface area contributed by atoms with Crippen molar-refractivity contribution in [3.05, 3.63) is 70.1 Å². The molecule has 0 saturated carbocycles. The number of aryl methyl sites for hydroxylation is 2. The number of thioether (sulfide) groups is 1. The van der Waals surface area contributed by atoms with Gasteiger partial charge in [0.25, 0.3) is 5.91 Å². The average molecular weight is 377 g/mol. The molecule has 1 fully saturated rings. The van der Waals surface area contributed by atoms with E-state index in [1.54, 1.807) is 0 Å². The van der Waals surface area contributed by atoms with Gasteiger partial charge in [0, 0.05) is 10.9 Å². The minimum absolute atomic E-state index is 0.138. The van der Waals surface area contributed by atoms with Gasteiger partial charge in [-0.15, -0.1) is 0 Å². The Kier molecular flexibility index (Phi) is 4.34. The fourth-order valence-corrected chi connectivity index (χ4v) is 4.07. The van der Waals surface area contributed by atoms with Gasteiger partial charge >= 0.3 is 0 Å². The lowest BCUT2D eigenvalue weighted by atomic mass is 10.0. The van der Waals surface area contributed by atoms with Crippen molar-refractivity contribution < 1.29 is 4.79 Å². The molecule has 128 valence electrons. The van der Waals surface area contributed by atoms with Crippen LogP contribution in [-0.4, -0.2) is 15.2 Å². The number of nitrogens with zero attached hydrogens (tertiary/aromatic N) is 1. The third-order valence-electron chi connectivity index (χ3n) is 4.26. The summed E-state index contributed by atoms with van der Waals surface area (Å²) in [5.74, 6) is -0.138. The minimum atomic E-state index is -0.138. The van der Waals surface area contributed by atoms with Gasteiger partial charge in [-0.1, -0.05) is 54.3 Å². The van der Waals surface area contributed by atoms with Crippen molar-refractivity contribution in [1.29, 1.82) is 0 Å². The standard InChI is InChI=1S/C21H16N2OS2/c1-12-6-7-15-9-13(2)19(22-17(15)8-12)16-5-3-4-14(10-16)11-18-20(24)23-21(25)26-18/h3-11H,1-2H3,(H,23,24,25)/b18-11-. The van der Waals surface area contributed by atoms with Crippen LogP contribution in [0.25, 0.3) is 28.2 Å². The van der Waals surface area contributed by atoms with Crippen LogP contribution in [0, 0.1) is 13.8 Å². The number of hydrogen-bond acceptors (Lipinski definition) is 4. The Morgan fingerprint density at radius 3 is 2.73 bits per heavy atom. The molecule has 0 bridgehead atoms. The number of carbonyl (C=O) groups is 1. The fourth-order valence-electron chi connectivity index (χ4n) is 3.02. The Morgan fingerprint density at radius 2 is 1.96 bits per heavy atom. The van der Waals surface area contributed by atoms with Crippen LogP contribution in [0.5, 0.6) is 0 Å². The third-order valence-corrected chi connectivity index (χ3v) is 5.43. The molecule has 26 heavy (non-hydrogen) atoms. The van der Waals surface area contributed by atoms with Gasteiger partial charge in [0.1, 0.15) is 4.32 Å². The maximum absolute atomic E-state index is 11.9. The largest absolute Gasteiger partial charge is 0.307 e. The molecule has 4 rings (SSSR count). The Balaban J connectivity index is 1.78. The number of carbonyl (C=O) groups excluding carboxylic acids is 1. The van der Waals surface area contributed by atoms with Crippen molar-refractivity contribution in [3.63, 3.8) is 0 Å². The summed E-state index contributed by atoms with van der Waals surface area (Å²) < 4.78 is 0.500. The van der Waals surface area contributed by atoms with Crippen LogP contribution in [-0.2, 0) is 4.79 Å². The molecule has 3 nitrogen and oxygen atoms in total. The molecule has 1 aromatic heterocycles. The Hall–Kier alpha value is -2.50. The van der Waals surface area contributed by atoms with E-state index in [-0.39, 0.29) is 5.91 Å². The first-order valence-corrected chi connectivity index (χ1v) is 9.45. The van der Waals surface area contributed by atoms with Crippen molar-refractivity contribution >= 4 is 51.2 Å². The molecule has 1 N–H and O–H groups in total. The molecule has 2 heterocycles. The molecule has 0 atom stereocenters. The molecule has 2 aromatic carbocycles. The molecule has 1 amide bonds. The third kappa shape index (κ3) is 3.28. The van der Waals surface area contributed by atoms with E-state index < -0.39 is 0 Å². The van der Waals surface area contributed by atoms with Crippen molar-refractivity contribution in [2.45, 2.75) is 13.8 Å². The molecule has 1 aliphatic rings. The number of amides is 1. The summed E-state index contributed by atoms with van der Waals surface area (Å²) in [6.07, 6.45) is 1.86. The second kappa shape index (κ2) is 6.67. The Bertz CT molecular complexity index is 1100. The van der Waals surface area contributed by atoms with E-state index in [4.69, 9.17) is 17.2 Å². The summed E-state index contributed by atoms with van der Waals surface area (Å²) in [4.78, 5) is 17.4. The number of aromatic nitrogens is 1.